The van der Waals surface area contributed by atoms with E-state index >= 15 is 0 Å². The Bertz CT molecular complexity index is 475. The molecule has 1 saturated carbocycles. The van der Waals surface area contributed by atoms with E-state index in [0.717, 1.165) is 12.1 Å². The van der Waals surface area contributed by atoms with E-state index < -0.39 is 0 Å². The van der Waals surface area contributed by atoms with Gasteiger partial charge in [0.15, 0.2) is 6.61 Å². The molecule has 1 aromatic carbocycles. The predicted molar refractivity (Wildman–Crippen MR) is 80.1 cm³/mol. The van der Waals surface area contributed by atoms with Gasteiger partial charge in [0.25, 0.3) is 5.91 Å². The van der Waals surface area contributed by atoms with Gasteiger partial charge in [-0.05, 0) is 37.5 Å². The summed E-state index contributed by atoms with van der Waals surface area (Å²) in [6, 6.07) is 6.36. The molecule has 1 amide bonds. The Labute approximate surface area is 125 Å². The molecule has 1 aliphatic carbocycles. The van der Waals surface area contributed by atoms with Crippen LogP contribution in [0.4, 0.5) is 0 Å². The van der Waals surface area contributed by atoms with Crippen LogP contribution in [0.2, 0.25) is 5.02 Å². The van der Waals surface area contributed by atoms with Gasteiger partial charge in [0.05, 0.1) is 5.02 Å². The van der Waals surface area contributed by atoms with E-state index in [1.54, 1.807) is 11.9 Å². The van der Waals surface area contributed by atoms with Crippen molar-refractivity contribution in [2.75, 3.05) is 20.2 Å². The molecule has 1 aromatic rings. The molecule has 1 fully saturated rings. The number of carbonyl (C=O) groups excluding carboxylic acids is 1. The van der Waals surface area contributed by atoms with Crippen molar-refractivity contribution in [3.8, 4) is 5.75 Å². The van der Waals surface area contributed by atoms with Crippen LogP contribution in [0.5, 0.6) is 5.75 Å². The number of benzene rings is 1. The lowest BCUT2D eigenvalue weighted by atomic mass is 10.2. The molecule has 0 aliphatic heterocycles. The number of amides is 1. The van der Waals surface area contributed by atoms with Crippen LogP contribution in [-0.4, -0.2) is 37.0 Å². The zero-order chi connectivity index (χ0) is 14.5. The van der Waals surface area contributed by atoms with Gasteiger partial charge in [0, 0.05) is 26.2 Å². The molecule has 1 aliphatic rings. The molecule has 20 heavy (non-hydrogen) atoms. The van der Waals surface area contributed by atoms with Crippen molar-refractivity contribution in [3.05, 3.63) is 28.8 Å². The number of carbonyl (C=O) groups is 1. The molecule has 1 N–H and O–H groups in total. The number of hydrogen-bond donors (Lipinski definition) is 1. The van der Waals surface area contributed by atoms with Crippen LogP contribution in [0.1, 0.15) is 25.3 Å². The molecule has 0 heterocycles. The Kier molecular flexibility index (Phi) is 5.26. The molecule has 0 bridgehead atoms. The maximum absolute atomic E-state index is 11.7. The summed E-state index contributed by atoms with van der Waals surface area (Å²) in [6.45, 7) is 3.43. The summed E-state index contributed by atoms with van der Waals surface area (Å²) < 4.78 is 5.47. The second-order valence-corrected chi connectivity index (χ2v) is 5.52. The van der Waals surface area contributed by atoms with Crippen LogP contribution in [0.3, 0.4) is 0 Å². The average molecular weight is 297 g/mol. The number of rotatable bonds is 7. The lowest BCUT2D eigenvalue weighted by Gasteiger charge is -2.15. The molecule has 0 spiro atoms. The van der Waals surface area contributed by atoms with Crippen LogP contribution in [0, 0.1) is 0 Å². The second-order valence-electron chi connectivity index (χ2n) is 5.12. The van der Waals surface area contributed by atoms with Crippen molar-refractivity contribution < 1.29 is 9.53 Å². The molecule has 2 rings (SSSR count). The number of nitrogens with zero attached hydrogens (tertiary/aromatic N) is 1. The zero-order valence-electron chi connectivity index (χ0n) is 12.0. The molecule has 0 aromatic heterocycles. The molecule has 0 saturated heterocycles. The minimum Gasteiger partial charge on any atom is -0.482 e. The van der Waals surface area contributed by atoms with E-state index in [9.17, 15) is 4.79 Å². The Morgan fingerprint density at radius 2 is 2.25 bits per heavy atom. The smallest absolute Gasteiger partial charge is 0.260 e. The SMILES string of the molecule is CCN(C)C(=O)COc1ccc(CNC2CC2)cc1Cl. The number of nitrogens with one attached hydrogen (secondary N) is 1. The van der Waals surface area contributed by atoms with Crippen LogP contribution in [0.15, 0.2) is 18.2 Å². The van der Waals surface area contributed by atoms with Gasteiger partial charge in [0.1, 0.15) is 5.75 Å². The third kappa shape index (κ3) is 4.39. The van der Waals surface area contributed by atoms with Crippen molar-refractivity contribution in [1.82, 2.24) is 10.2 Å². The summed E-state index contributed by atoms with van der Waals surface area (Å²) in [5.74, 6) is 0.503. The van der Waals surface area contributed by atoms with Gasteiger partial charge in [-0.3, -0.25) is 4.79 Å². The van der Waals surface area contributed by atoms with Crippen molar-refractivity contribution in [1.29, 1.82) is 0 Å². The summed E-state index contributed by atoms with van der Waals surface area (Å²) in [7, 11) is 1.75. The number of halogens is 1. The minimum atomic E-state index is -0.0527. The first-order valence-electron chi connectivity index (χ1n) is 6.98. The summed E-state index contributed by atoms with van der Waals surface area (Å²) >= 11 is 6.18. The Hall–Kier alpha value is -1.26. The fourth-order valence-electron chi connectivity index (χ4n) is 1.75. The quantitative estimate of drug-likeness (QED) is 0.840. The van der Waals surface area contributed by atoms with Crippen LogP contribution in [0.25, 0.3) is 0 Å². The summed E-state index contributed by atoms with van der Waals surface area (Å²) in [4.78, 5) is 13.3. The van der Waals surface area contributed by atoms with Crippen molar-refractivity contribution in [2.45, 2.75) is 32.4 Å². The largest absolute Gasteiger partial charge is 0.482 e. The third-order valence-corrected chi connectivity index (χ3v) is 3.72. The lowest BCUT2D eigenvalue weighted by Crippen LogP contribution is -2.31. The van der Waals surface area contributed by atoms with Gasteiger partial charge in [0.2, 0.25) is 0 Å². The van der Waals surface area contributed by atoms with Gasteiger partial charge >= 0.3 is 0 Å². The van der Waals surface area contributed by atoms with Crippen LogP contribution >= 0.6 is 11.6 Å². The minimum absolute atomic E-state index is 0.0176. The summed E-state index contributed by atoms with van der Waals surface area (Å²) in [5, 5.41) is 3.98. The Balaban J connectivity index is 1.86. The fourth-order valence-corrected chi connectivity index (χ4v) is 2.00. The maximum atomic E-state index is 11.7. The van der Waals surface area contributed by atoms with Crippen molar-refractivity contribution >= 4 is 17.5 Å². The lowest BCUT2D eigenvalue weighted by molar-refractivity contribution is -0.131. The maximum Gasteiger partial charge on any atom is 0.260 e. The van der Waals surface area contributed by atoms with Crippen molar-refractivity contribution in [3.63, 3.8) is 0 Å². The third-order valence-electron chi connectivity index (χ3n) is 3.42. The Morgan fingerprint density at radius 1 is 1.50 bits per heavy atom. The van der Waals surface area contributed by atoms with E-state index in [0.29, 0.717) is 23.4 Å². The van der Waals surface area contributed by atoms with Gasteiger partial charge in [-0.15, -0.1) is 0 Å². The highest BCUT2D eigenvalue weighted by molar-refractivity contribution is 6.32. The molecule has 5 heteroatoms. The van der Waals surface area contributed by atoms with Gasteiger partial charge in [-0.1, -0.05) is 17.7 Å². The van der Waals surface area contributed by atoms with Crippen LogP contribution in [-0.2, 0) is 11.3 Å². The number of likely N-dealkylation sites (N-methyl/N-ethyl adjacent to an activating group) is 1. The fraction of sp³-hybridized carbons (Fsp3) is 0.533. The van der Waals surface area contributed by atoms with E-state index in [1.165, 1.54) is 12.8 Å². The Morgan fingerprint density at radius 3 is 2.85 bits per heavy atom. The van der Waals surface area contributed by atoms with E-state index in [4.69, 9.17) is 16.3 Å². The monoisotopic (exact) mass is 296 g/mol. The van der Waals surface area contributed by atoms with Gasteiger partial charge in [-0.25, -0.2) is 0 Å². The topological polar surface area (TPSA) is 41.6 Å². The highest BCUT2D eigenvalue weighted by Crippen LogP contribution is 2.26. The highest BCUT2D eigenvalue weighted by Gasteiger charge is 2.20. The molecule has 4 nitrogen and oxygen atoms in total. The molecule has 0 unspecified atom stereocenters. The molecule has 0 radical (unpaired) electrons. The zero-order valence-corrected chi connectivity index (χ0v) is 12.7. The molecular weight excluding hydrogens is 276 g/mol. The van der Waals surface area contributed by atoms with Gasteiger partial charge < -0.3 is 15.0 Å². The van der Waals surface area contributed by atoms with E-state index in [-0.39, 0.29) is 12.5 Å². The number of ether oxygens (including phenoxy) is 1. The predicted octanol–water partition coefficient (Wildman–Crippen LogP) is 2.45. The normalized spacial score (nSPS) is 14.2. The van der Waals surface area contributed by atoms with Crippen molar-refractivity contribution in [2.24, 2.45) is 0 Å². The van der Waals surface area contributed by atoms with E-state index in [1.807, 2.05) is 25.1 Å². The standard InChI is InChI=1S/C15H21ClN2O2/c1-3-18(2)15(19)10-20-14-7-4-11(8-13(14)16)9-17-12-5-6-12/h4,7-8,12,17H,3,5-6,9-10H2,1-2H3. The number of hydrogen-bond acceptors (Lipinski definition) is 3. The molecule has 110 valence electrons. The summed E-state index contributed by atoms with van der Waals surface area (Å²) in [5.41, 5.74) is 1.13. The first kappa shape index (κ1) is 15.1. The summed E-state index contributed by atoms with van der Waals surface area (Å²) in [6.07, 6.45) is 2.53. The van der Waals surface area contributed by atoms with Crippen LogP contribution < -0.4 is 10.1 Å². The molecule has 0 atom stereocenters. The van der Waals surface area contributed by atoms with E-state index in [2.05, 4.69) is 5.32 Å². The molecular formula is C15H21ClN2O2. The first-order valence-corrected chi connectivity index (χ1v) is 7.36. The average Bonchev–Trinajstić information content (AvgIpc) is 3.27. The second kappa shape index (κ2) is 6.95. The highest BCUT2D eigenvalue weighted by atomic mass is 35.5. The first-order chi connectivity index (χ1) is 9.60. The van der Waals surface area contributed by atoms with Gasteiger partial charge in [-0.2, -0.15) is 0 Å².